The number of unbranched alkanes of at least 4 members (excludes halogenated alkanes) is 1. The minimum Gasteiger partial charge on any atom is -0.368 e. The molecule has 0 amide bonds. The Bertz CT molecular complexity index is 902. The maximum atomic E-state index is 11.8. The van der Waals surface area contributed by atoms with Crippen LogP contribution in [-0.2, 0) is 6.54 Å². The molecule has 162 valence electrons. The Morgan fingerprint density at radius 1 is 1.13 bits per heavy atom. The van der Waals surface area contributed by atoms with Crippen LogP contribution in [0.1, 0.15) is 25.3 Å². The molecule has 0 radical (unpaired) electrons. The predicted molar refractivity (Wildman–Crippen MR) is 126 cm³/mol. The van der Waals surface area contributed by atoms with Gasteiger partial charge in [-0.2, -0.15) is 0 Å². The molecule has 6 nitrogen and oxygen atoms in total. The summed E-state index contributed by atoms with van der Waals surface area (Å²) in [5.74, 6) is 0.983. The van der Waals surface area contributed by atoms with Crippen molar-refractivity contribution in [1.82, 2.24) is 14.8 Å². The molecule has 1 saturated heterocycles. The normalized spacial score (nSPS) is 14.8. The van der Waals surface area contributed by atoms with E-state index in [0.717, 1.165) is 69.6 Å². The highest BCUT2D eigenvalue weighted by atomic mass is 35.5. The molecule has 2 heterocycles. The van der Waals surface area contributed by atoms with Gasteiger partial charge in [-0.25, -0.2) is 0 Å². The van der Waals surface area contributed by atoms with E-state index in [1.807, 2.05) is 18.3 Å². The van der Waals surface area contributed by atoms with Crippen molar-refractivity contribution >= 4 is 23.2 Å². The largest absolute Gasteiger partial charge is 0.368 e. The number of pyridine rings is 1. The van der Waals surface area contributed by atoms with Crippen LogP contribution in [0.15, 0.2) is 52.4 Å². The van der Waals surface area contributed by atoms with Crippen LogP contribution in [0.5, 0.6) is 0 Å². The Balaban J connectivity index is 1.50. The van der Waals surface area contributed by atoms with Crippen LogP contribution in [0.4, 0.5) is 5.69 Å². The lowest BCUT2D eigenvalue weighted by molar-refractivity contribution is 0.372. The van der Waals surface area contributed by atoms with Gasteiger partial charge in [-0.15, -0.1) is 0 Å². The smallest absolute Gasteiger partial charge is 0.250 e. The Hall–Kier alpha value is -2.47. The van der Waals surface area contributed by atoms with Crippen LogP contribution in [0, 0.1) is 6.92 Å². The van der Waals surface area contributed by atoms with Crippen molar-refractivity contribution in [3.63, 3.8) is 0 Å². The number of guanidine groups is 1. The van der Waals surface area contributed by atoms with Crippen LogP contribution < -0.4 is 15.8 Å². The molecule has 30 heavy (non-hydrogen) atoms. The first-order chi connectivity index (χ1) is 14.6. The van der Waals surface area contributed by atoms with Gasteiger partial charge >= 0.3 is 0 Å². The average Bonchev–Trinajstić information content (AvgIpc) is 2.76. The molecule has 0 saturated carbocycles. The lowest BCUT2D eigenvalue weighted by Gasteiger charge is -2.38. The number of aromatic nitrogens is 1. The number of hydrogen-bond donors (Lipinski definition) is 1. The summed E-state index contributed by atoms with van der Waals surface area (Å²) >= 11 is 6.20. The fourth-order valence-electron chi connectivity index (χ4n) is 3.73. The summed E-state index contributed by atoms with van der Waals surface area (Å²) in [5, 5.41) is 4.21. The number of piperazine rings is 1. The molecule has 1 aromatic heterocycles. The first-order valence-corrected chi connectivity index (χ1v) is 11.2. The molecule has 0 bridgehead atoms. The van der Waals surface area contributed by atoms with Gasteiger partial charge in [0.05, 0.1) is 0 Å². The number of aliphatic imine (C=N–C) groups is 1. The van der Waals surface area contributed by atoms with E-state index >= 15 is 0 Å². The SMILES string of the molecule is CCNC(=NCCCCn1ccccc1=O)N1CCN(c2cc(Cl)ccc2C)CC1. The van der Waals surface area contributed by atoms with Crippen molar-refractivity contribution in [1.29, 1.82) is 0 Å². The van der Waals surface area contributed by atoms with Crippen LogP contribution in [-0.4, -0.2) is 54.7 Å². The van der Waals surface area contributed by atoms with Crippen LogP contribution in [0.25, 0.3) is 0 Å². The van der Waals surface area contributed by atoms with Crippen molar-refractivity contribution in [2.45, 2.75) is 33.2 Å². The van der Waals surface area contributed by atoms with Gasteiger partial charge < -0.3 is 19.7 Å². The zero-order valence-corrected chi connectivity index (χ0v) is 18.7. The molecular weight excluding hydrogens is 398 g/mol. The van der Waals surface area contributed by atoms with E-state index in [-0.39, 0.29) is 5.56 Å². The van der Waals surface area contributed by atoms with Gasteiger partial charge in [-0.3, -0.25) is 9.79 Å². The van der Waals surface area contributed by atoms with Crippen LogP contribution in [0.2, 0.25) is 5.02 Å². The van der Waals surface area contributed by atoms with Gasteiger partial charge in [-0.1, -0.05) is 23.7 Å². The lowest BCUT2D eigenvalue weighted by Crippen LogP contribution is -2.52. The molecule has 0 spiro atoms. The number of halogens is 1. The standard InChI is InChI=1S/C23H32ClN5O/c1-3-25-23(26-11-5-7-13-28-12-6-4-8-22(28)30)29-16-14-27(15-17-29)21-18-20(24)10-9-19(21)2/h4,6,8-10,12,18H,3,5,7,11,13-17H2,1-2H3,(H,25,26). The third-order valence-corrected chi connectivity index (χ3v) is 5.63. The van der Waals surface area contributed by atoms with Gasteiger partial charge in [0, 0.05) is 68.8 Å². The minimum absolute atomic E-state index is 0.0575. The molecule has 2 aromatic rings. The van der Waals surface area contributed by atoms with Crippen LogP contribution >= 0.6 is 11.6 Å². The van der Waals surface area contributed by atoms with Crippen molar-refractivity contribution in [2.75, 3.05) is 44.2 Å². The van der Waals surface area contributed by atoms with Gasteiger partial charge in [0.15, 0.2) is 5.96 Å². The van der Waals surface area contributed by atoms with E-state index in [9.17, 15) is 4.79 Å². The number of anilines is 1. The molecule has 0 atom stereocenters. The van der Waals surface area contributed by atoms with Crippen molar-refractivity contribution in [3.8, 4) is 0 Å². The summed E-state index contributed by atoms with van der Waals surface area (Å²) in [6, 6.07) is 11.4. The minimum atomic E-state index is 0.0575. The summed E-state index contributed by atoms with van der Waals surface area (Å²) in [4.78, 5) is 21.3. The summed E-state index contributed by atoms with van der Waals surface area (Å²) in [7, 11) is 0. The molecule has 1 fully saturated rings. The fraction of sp³-hybridized carbons (Fsp3) is 0.478. The molecule has 7 heteroatoms. The molecular formula is C23H32ClN5O. The Kier molecular flexibility index (Phi) is 8.20. The molecule has 0 unspecified atom stereocenters. The topological polar surface area (TPSA) is 52.9 Å². The zero-order valence-electron chi connectivity index (χ0n) is 18.0. The average molecular weight is 430 g/mol. The third kappa shape index (κ3) is 6.02. The second-order valence-corrected chi connectivity index (χ2v) is 8.02. The molecule has 1 aromatic carbocycles. The number of rotatable bonds is 7. The molecule has 1 N–H and O–H groups in total. The number of benzene rings is 1. The Morgan fingerprint density at radius 3 is 2.67 bits per heavy atom. The summed E-state index contributed by atoms with van der Waals surface area (Å²) in [6.45, 7) is 10.3. The summed E-state index contributed by atoms with van der Waals surface area (Å²) in [5.41, 5.74) is 2.54. The fourth-order valence-corrected chi connectivity index (χ4v) is 3.90. The maximum Gasteiger partial charge on any atom is 0.250 e. The van der Waals surface area contributed by atoms with E-state index in [4.69, 9.17) is 16.6 Å². The van der Waals surface area contributed by atoms with E-state index in [2.05, 4.69) is 41.1 Å². The second kappa shape index (κ2) is 11.1. The van der Waals surface area contributed by atoms with Gasteiger partial charge in [0.2, 0.25) is 5.56 Å². The van der Waals surface area contributed by atoms with Gasteiger partial charge in [0.25, 0.3) is 0 Å². The van der Waals surface area contributed by atoms with Gasteiger partial charge in [-0.05, 0) is 50.5 Å². The first-order valence-electron chi connectivity index (χ1n) is 10.8. The monoisotopic (exact) mass is 429 g/mol. The zero-order chi connectivity index (χ0) is 21.3. The molecule has 1 aliphatic rings. The lowest BCUT2D eigenvalue weighted by atomic mass is 10.1. The number of nitrogens with one attached hydrogen (secondary N) is 1. The van der Waals surface area contributed by atoms with E-state index in [1.54, 1.807) is 16.7 Å². The third-order valence-electron chi connectivity index (χ3n) is 5.39. The number of hydrogen-bond acceptors (Lipinski definition) is 3. The van der Waals surface area contributed by atoms with E-state index in [1.165, 1.54) is 11.3 Å². The summed E-state index contributed by atoms with van der Waals surface area (Å²) < 4.78 is 1.76. The Morgan fingerprint density at radius 2 is 1.93 bits per heavy atom. The Labute approximate surface area is 184 Å². The quantitative estimate of drug-likeness (QED) is 0.416. The molecule has 3 rings (SSSR count). The second-order valence-electron chi connectivity index (χ2n) is 7.58. The molecule has 1 aliphatic heterocycles. The summed E-state index contributed by atoms with van der Waals surface area (Å²) in [6.07, 6.45) is 3.74. The predicted octanol–water partition coefficient (Wildman–Crippen LogP) is 3.38. The van der Waals surface area contributed by atoms with Crippen molar-refractivity contribution < 1.29 is 0 Å². The van der Waals surface area contributed by atoms with Gasteiger partial charge in [0.1, 0.15) is 0 Å². The number of nitrogens with zero attached hydrogens (tertiary/aromatic N) is 4. The highest BCUT2D eigenvalue weighted by Gasteiger charge is 2.20. The van der Waals surface area contributed by atoms with Crippen molar-refractivity contribution in [2.24, 2.45) is 4.99 Å². The first kappa shape index (κ1) is 22.2. The van der Waals surface area contributed by atoms with E-state index < -0.39 is 0 Å². The maximum absolute atomic E-state index is 11.8. The highest BCUT2D eigenvalue weighted by molar-refractivity contribution is 6.30. The molecule has 0 aliphatic carbocycles. The number of aryl methyl sites for hydroxylation is 2. The van der Waals surface area contributed by atoms with Crippen LogP contribution in [0.3, 0.4) is 0 Å². The van der Waals surface area contributed by atoms with Crippen molar-refractivity contribution in [3.05, 3.63) is 63.5 Å². The highest BCUT2D eigenvalue weighted by Crippen LogP contribution is 2.25. The van der Waals surface area contributed by atoms with E-state index in [0.29, 0.717) is 0 Å².